The molecule has 1 atom stereocenters. The van der Waals surface area contributed by atoms with Crippen molar-refractivity contribution < 1.29 is 9.90 Å². The second kappa shape index (κ2) is 5.22. The molecule has 0 spiro atoms. The normalized spacial score (nSPS) is 12.5. The van der Waals surface area contributed by atoms with Gasteiger partial charge in [0.1, 0.15) is 6.10 Å². The van der Waals surface area contributed by atoms with Crippen molar-refractivity contribution in [2.45, 2.75) is 25.9 Å². The summed E-state index contributed by atoms with van der Waals surface area (Å²) in [6, 6.07) is 3.60. The van der Waals surface area contributed by atoms with Gasteiger partial charge in [0.2, 0.25) is 0 Å². The summed E-state index contributed by atoms with van der Waals surface area (Å²) >= 11 is 3.26. The molecule has 1 aromatic rings. The van der Waals surface area contributed by atoms with E-state index in [0.29, 0.717) is 12.1 Å². The van der Waals surface area contributed by atoms with Crippen LogP contribution in [0, 0.1) is 0 Å². The van der Waals surface area contributed by atoms with E-state index >= 15 is 0 Å². The van der Waals surface area contributed by atoms with Crippen LogP contribution in [0.1, 0.15) is 19.0 Å². The summed E-state index contributed by atoms with van der Waals surface area (Å²) in [6.07, 6.45) is 1.43. The molecule has 1 rings (SSSR count). The quantitative estimate of drug-likeness (QED) is 0.894. The average molecular weight is 258 g/mol. The van der Waals surface area contributed by atoms with E-state index in [-0.39, 0.29) is 12.2 Å². The fraction of sp³-hybridized carbons (Fsp3) is 0.400. The van der Waals surface area contributed by atoms with E-state index in [0.717, 1.165) is 4.47 Å². The maximum absolute atomic E-state index is 11.3. The number of pyridine rings is 1. The number of hydrogen-bond acceptors (Lipinski definition) is 3. The van der Waals surface area contributed by atoms with E-state index in [1.807, 2.05) is 6.07 Å². The summed E-state index contributed by atoms with van der Waals surface area (Å²) in [5, 5.41) is 9.26. The molecule has 0 saturated heterocycles. The van der Waals surface area contributed by atoms with E-state index in [4.69, 9.17) is 0 Å². The van der Waals surface area contributed by atoms with E-state index < -0.39 is 6.10 Å². The molecule has 0 amide bonds. The Morgan fingerprint density at radius 1 is 1.64 bits per heavy atom. The molecular formula is C10H12BrNO2. The summed E-state index contributed by atoms with van der Waals surface area (Å²) in [6.45, 7) is 1.78. The zero-order chi connectivity index (χ0) is 10.6. The molecule has 1 N–H and O–H groups in total. The van der Waals surface area contributed by atoms with E-state index in [2.05, 4.69) is 20.9 Å². The smallest absolute Gasteiger partial charge is 0.167 e. The van der Waals surface area contributed by atoms with Crippen molar-refractivity contribution in [2.24, 2.45) is 0 Å². The first-order chi connectivity index (χ1) is 6.63. The summed E-state index contributed by atoms with van der Waals surface area (Å²) < 4.78 is 0.879. The first-order valence-corrected chi connectivity index (χ1v) is 5.24. The minimum absolute atomic E-state index is 0.178. The summed E-state index contributed by atoms with van der Waals surface area (Å²) in [4.78, 5) is 15.4. The third-order valence-corrected chi connectivity index (χ3v) is 2.37. The number of aliphatic hydroxyl groups is 1. The Kier molecular flexibility index (Phi) is 4.22. The molecule has 1 aromatic heterocycles. The molecule has 1 unspecified atom stereocenters. The number of ketones is 1. The largest absolute Gasteiger partial charge is 0.385 e. The SMILES string of the molecule is CCC(O)C(=O)Cc1ccc(Br)cn1. The monoisotopic (exact) mass is 257 g/mol. The third-order valence-electron chi connectivity index (χ3n) is 1.90. The number of hydrogen-bond donors (Lipinski definition) is 1. The van der Waals surface area contributed by atoms with Gasteiger partial charge in [0.05, 0.1) is 6.42 Å². The van der Waals surface area contributed by atoms with Gasteiger partial charge in [0.15, 0.2) is 5.78 Å². The predicted octanol–water partition coefficient (Wildman–Crippen LogP) is 1.73. The first kappa shape index (κ1) is 11.3. The Hall–Kier alpha value is -0.740. The summed E-state index contributed by atoms with van der Waals surface area (Å²) in [5.74, 6) is -0.178. The fourth-order valence-corrected chi connectivity index (χ4v) is 1.27. The molecule has 0 fully saturated rings. The molecule has 0 aliphatic carbocycles. The second-order valence-electron chi connectivity index (χ2n) is 3.03. The Bertz CT molecular complexity index is 310. The van der Waals surface area contributed by atoms with Gasteiger partial charge >= 0.3 is 0 Å². The minimum atomic E-state index is -0.861. The molecule has 14 heavy (non-hydrogen) atoms. The van der Waals surface area contributed by atoms with Crippen LogP contribution in [0.3, 0.4) is 0 Å². The van der Waals surface area contributed by atoms with Gasteiger partial charge < -0.3 is 5.11 Å². The number of carbonyl (C=O) groups is 1. The van der Waals surface area contributed by atoms with E-state index in [9.17, 15) is 9.90 Å². The maximum Gasteiger partial charge on any atom is 0.167 e. The molecular weight excluding hydrogens is 246 g/mol. The molecule has 0 radical (unpaired) electrons. The molecule has 0 bridgehead atoms. The van der Waals surface area contributed by atoms with Crippen LogP contribution in [0.15, 0.2) is 22.8 Å². The van der Waals surface area contributed by atoms with Crippen molar-refractivity contribution in [3.63, 3.8) is 0 Å². The van der Waals surface area contributed by atoms with Gasteiger partial charge in [-0.3, -0.25) is 9.78 Å². The van der Waals surface area contributed by atoms with E-state index in [1.54, 1.807) is 19.2 Å². The number of rotatable bonds is 4. The highest BCUT2D eigenvalue weighted by Crippen LogP contribution is 2.08. The number of halogens is 1. The van der Waals surface area contributed by atoms with Gasteiger partial charge in [-0.1, -0.05) is 6.92 Å². The Balaban J connectivity index is 2.60. The predicted molar refractivity (Wildman–Crippen MR) is 56.9 cm³/mol. The molecule has 0 aliphatic heterocycles. The van der Waals surface area contributed by atoms with Crippen LogP contribution in [0.5, 0.6) is 0 Å². The topological polar surface area (TPSA) is 50.2 Å². The minimum Gasteiger partial charge on any atom is -0.385 e. The van der Waals surface area contributed by atoms with Crippen LogP contribution in [0.2, 0.25) is 0 Å². The third kappa shape index (κ3) is 3.20. The number of Topliss-reactive ketones (excluding diaryl/α,β-unsaturated/α-hetero) is 1. The molecule has 0 aliphatic rings. The van der Waals surface area contributed by atoms with Crippen LogP contribution in [0.4, 0.5) is 0 Å². The number of nitrogens with zero attached hydrogens (tertiary/aromatic N) is 1. The maximum atomic E-state index is 11.3. The van der Waals surface area contributed by atoms with Gasteiger partial charge in [-0.25, -0.2) is 0 Å². The van der Waals surface area contributed by atoms with Crippen molar-refractivity contribution in [2.75, 3.05) is 0 Å². The molecule has 0 aromatic carbocycles. The molecule has 1 heterocycles. The lowest BCUT2D eigenvalue weighted by atomic mass is 10.1. The van der Waals surface area contributed by atoms with Gasteiger partial charge in [-0.2, -0.15) is 0 Å². The van der Waals surface area contributed by atoms with Gasteiger partial charge in [-0.15, -0.1) is 0 Å². The Labute approximate surface area is 91.3 Å². The van der Waals surface area contributed by atoms with Crippen molar-refractivity contribution in [1.29, 1.82) is 0 Å². The van der Waals surface area contributed by atoms with Crippen LogP contribution >= 0.6 is 15.9 Å². The first-order valence-electron chi connectivity index (χ1n) is 4.44. The molecule has 76 valence electrons. The van der Waals surface area contributed by atoms with Crippen molar-refractivity contribution in [3.8, 4) is 0 Å². The lowest BCUT2D eigenvalue weighted by molar-refractivity contribution is -0.126. The van der Waals surface area contributed by atoms with Gasteiger partial charge in [-0.05, 0) is 34.5 Å². The van der Waals surface area contributed by atoms with Crippen LogP contribution < -0.4 is 0 Å². The highest BCUT2D eigenvalue weighted by atomic mass is 79.9. The lowest BCUT2D eigenvalue weighted by Gasteiger charge is -2.05. The average Bonchev–Trinajstić information content (AvgIpc) is 2.20. The molecule has 4 heteroatoms. The molecule has 3 nitrogen and oxygen atoms in total. The van der Waals surface area contributed by atoms with Gasteiger partial charge in [0, 0.05) is 16.4 Å². The van der Waals surface area contributed by atoms with Crippen molar-refractivity contribution in [1.82, 2.24) is 4.98 Å². The summed E-state index contributed by atoms with van der Waals surface area (Å²) in [5.41, 5.74) is 0.686. The zero-order valence-electron chi connectivity index (χ0n) is 7.90. The van der Waals surface area contributed by atoms with Crippen molar-refractivity contribution in [3.05, 3.63) is 28.5 Å². The lowest BCUT2D eigenvalue weighted by Crippen LogP contribution is -2.21. The fourth-order valence-electron chi connectivity index (χ4n) is 1.04. The van der Waals surface area contributed by atoms with Crippen LogP contribution in [-0.4, -0.2) is 22.0 Å². The number of aromatic nitrogens is 1. The highest BCUT2D eigenvalue weighted by molar-refractivity contribution is 9.10. The number of carbonyl (C=O) groups excluding carboxylic acids is 1. The second-order valence-corrected chi connectivity index (χ2v) is 3.95. The van der Waals surface area contributed by atoms with Crippen LogP contribution in [0.25, 0.3) is 0 Å². The zero-order valence-corrected chi connectivity index (χ0v) is 9.49. The standard InChI is InChI=1S/C10H12BrNO2/c1-2-9(13)10(14)5-8-4-3-7(11)6-12-8/h3-4,6,9,13H,2,5H2,1H3. The Morgan fingerprint density at radius 2 is 2.36 bits per heavy atom. The number of aliphatic hydroxyl groups excluding tert-OH is 1. The van der Waals surface area contributed by atoms with Gasteiger partial charge in [0.25, 0.3) is 0 Å². The van der Waals surface area contributed by atoms with Crippen LogP contribution in [-0.2, 0) is 11.2 Å². The van der Waals surface area contributed by atoms with Crippen molar-refractivity contribution >= 4 is 21.7 Å². The Morgan fingerprint density at radius 3 is 2.86 bits per heavy atom. The summed E-state index contributed by atoms with van der Waals surface area (Å²) in [7, 11) is 0. The highest BCUT2D eigenvalue weighted by Gasteiger charge is 2.13. The molecule has 0 saturated carbocycles. The van der Waals surface area contributed by atoms with E-state index in [1.165, 1.54) is 0 Å².